The van der Waals surface area contributed by atoms with Crippen LogP contribution < -0.4 is 0 Å². The molecule has 0 amide bonds. The number of aromatic nitrogens is 3. The summed E-state index contributed by atoms with van der Waals surface area (Å²) >= 11 is 5.95. The predicted octanol–water partition coefficient (Wildman–Crippen LogP) is 4.33. The topological polar surface area (TPSA) is 30.7 Å². The van der Waals surface area contributed by atoms with Gasteiger partial charge in [0.2, 0.25) is 0 Å². The molecule has 2 aromatic heterocycles. The van der Waals surface area contributed by atoms with Crippen LogP contribution in [0.3, 0.4) is 0 Å². The molecule has 0 saturated heterocycles. The summed E-state index contributed by atoms with van der Waals surface area (Å²) in [7, 11) is 0. The Hall–Kier alpha value is -1.87. The van der Waals surface area contributed by atoms with Crippen molar-refractivity contribution in [3.8, 4) is 0 Å². The highest BCUT2D eigenvalue weighted by Gasteiger charge is 2.13. The smallest absolute Gasteiger partial charge is 0.160 e. The number of hydrogen-bond donors (Lipinski definition) is 0. The summed E-state index contributed by atoms with van der Waals surface area (Å²) in [6, 6.07) is 11.9. The lowest BCUT2D eigenvalue weighted by Crippen LogP contribution is -2.09. The second kappa shape index (κ2) is 5.86. The highest BCUT2D eigenvalue weighted by molar-refractivity contribution is 6.30. The fraction of sp³-hybridized carbons (Fsp3) is 0.294. The van der Waals surface area contributed by atoms with Crippen molar-refractivity contribution in [3.63, 3.8) is 0 Å². The molecule has 108 valence electrons. The molecule has 0 aliphatic rings. The molecule has 0 unspecified atom stereocenters. The van der Waals surface area contributed by atoms with Crippen molar-refractivity contribution in [2.24, 2.45) is 5.92 Å². The minimum absolute atomic E-state index is 0.549. The molecule has 3 nitrogen and oxygen atoms in total. The summed E-state index contributed by atoms with van der Waals surface area (Å²) < 4.78 is 2.23. The Morgan fingerprint density at radius 3 is 2.62 bits per heavy atom. The summed E-state index contributed by atoms with van der Waals surface area (Å²) in [5, 5.41) is 0.760. The number of fused-ring (bicyclic) bond motifs is 1. The molecule has 0 N–H and O–H groups in total. The molecule has 4 heteroatoms. The van der Waals surface area contributed by atoms with E-state index >= 15 is 0 Å². The van der Waals surface area contributed by atoms with E-state index in [1.807, 2.05) is 30.5 Å². The Morgan fingerprint density at radius 2 is 1.90 bits per heavy atom. The first-order valence-electron chi connectivity index (χ1n) is 7.18. The van der Waals surface area contributed by atoms with Crippen LogP contribution in [0, 0.1) is 5.92 Å². The first-order valence-corrected chi connectivity index (χ1v) is 7.56. The third-order valence-corrected chi connectivity index (χ3v) is 3.66. The number of hydrogen-bond acceptors (Lipinski definition) is 2. The number of halogens is 1. The molecule has 21 heavy (non-hydrogen) atoms. The third-order valence-electron chi connectivity index (χ3n) is 3.41. The molecule has 1 aromatic carbocycles. The van der Waals surface area contributed by atoms with E-state index in [-0.39, 0.29) is 0 Å². The lowest BCUT2D eigenvalue weighted by atomic mass is 10.1. The molecular formula is C17H18ClN3. The van der Waals surface area contributed by atoms with Crippen molar-refractivity contribution in [2.45, 2.75) is 26.8 Å². The molecule has 0 spiro atoms. The molecule has 3 rings (SSSR count). The molecule has 0 aliphatic carbocycles. The summed E-state index contributed by atoms with van der Waals surface area (Å²) in [5.74, 6) is 1.60. The molecule has 0 radical (unpaired) electrons. The van der Waals surface area contributed by atoms with Gasteiger partial charge in [-0.3, -0.25) is 0 Å². The Balaban J connectivity index is 2.02. The van der Waals surface area contributed by atoms with E-state index in [4.69, 9.17) is 16.6 Å². The zero-order valence-corrected chi connectivity index (χ0v) is 13.0. The maximum Gasteiger partial charge on any atom is 0.160 e. The van der Waals surface area contributed by atoms with Crippen molar-refractivity contribution < 1.29 is 0 Å². The van der Waals surface area contributed by atoms with Gasteiger partial charge in [-0.2, -0.15) is 0 Å². The zero-order valence-electron chi connectivity index (χ0n) is 12.3. The fourth-order valence-electron chi connectivity index (χ4n) is 2.48. The molecular weight excluding hydrogens is 282 g/mol. The van der Waals surface area contributed by atoms with Crippen LogP contribution in [0.15, 0.2) is 42.6 Å². The first-order chi connectivity index (χ1) is 10.1. The van der Waals surface area contributed by atoms with Crippen LogP contribution in [-0.4, -0.2) is 14.5 Å². The lowest BCUT2D eigenvalue weighted by molar-refractivity contribution is 0.518. The van der Waals surface area contributed by atoms with Gasteiger partial charge in [0.25, 0.3) is 0 Å². The zero-order chi connectivity index (χ0) is 14.8. The molecule has 0 fully saturated rings. The number of rotatable bonds is 4. The van der Waals surface area contributed by atoms with Crippen molar-refractivity contribution in [2.75, 3.05) is 0 Å². The van der Waals surface area contributed by atoms with Crippen molar-refractivity contribution in [1.29, 1.82) is 0 Å². The number of nitrogens with zero attached hydrogens (tertiary/aromatic N) is 3. The number of benzene rings is 1. The third kappa shape index (κ3) is 3.08. The average molecular weight is 300 g/mol. The van der Waals surface area contributed by atoms with Crippen LogP contribution in [0.1, 0.15) is 25.2 Å². The van der Waals surface area contributed by atoms with Gasteiger partial charge in [0, 0.05) is 24.2 Å². The maximum absolute atomic E-state index is 5.95. The van der Waals surface area contributed by atoms with Gasteiger partial charge in [-0.25, -0.2) is 9.97 Å². The SMILES string of the molecule is CC(C)Cn1c(Cc2ccc(Cl)cc2)nc2cccnc21. The van der Waals surface area contributed by atoms with Crippen LogP contribution in [0.25, 0.3) is 11.2 Å². The van der Waals surface area contributed by atoms with Crippen molar-refractivity contribution in [3.05, 3.63) is 59.0 Å². The molecule has 0 atom stereocenters. The highest BCUT2D eigenvalue weighted by atomic mass is 35.5. The maximum atomic E-state index is 5.95. The standard InChI is InChI=1S/C17H18ClN3/c1-12(2)11-21-16(10-13-5-7-14(18)8-6-13)20-15-4-3-9-19-17(15)21/h3-9,12H,10-11H2,1-2H3. The van der Waals surface area contributed by atoms with Crippen LogP contribution in [-0.2, 0) is 13.0 Å². The Kier molecular flexibility index (Phi) is 3.93. The molecule has 0 aliphatic heterocycles. The van der Waals surface area contributed by atoms with E-state index in [0.717, 1.165) is 35.0 Å². The summed E-state index contributed by atoms with van der Waals surface area (Å²) in [6.45, 7) is 5.35. The van der Waals surface area contributed by atoms with E-state index in [1.165, 1.54) is 5.56 Å². The minimum Gasteiger partial charge on any atom is -0.312 e. The minimum atomic E-state index is 0.549. The van der Waals surface area contributed by atoms with Crippen LogP contribution in [0.2, 0.25) is 5.02 Å². The van der Waals surface area contributed by atoms with Gasteiger partial charge in [0.05, 0.1) is 0 Å². The Morgan fingerprint density at radius 1 is 1.14 bits per heavy atom. The van der Waals surface area contributed by atoms with Gasteiger partial charge < -0.3 is 4.57 Å². The Bertz CT molecular complexity index is 744. The van der Waals surface area contributed by atoms with E-state index in [1.54, 1.807) is 0 Å². The van der Waals surface area contributed by atoms with Crippen LogP contribution in [0.4, 0.5) is 0 Å². The largest absolute Gasteiger partial charge is 0.312 e. The quantitative estimate of drug-likeness (QED) is 0.718. The van der Waals surface area contributed by atoms with Crippen molar-refractivity contribution >= 4 is 22.8 Å². The van der Waals surface area contributed by atoms with E-state index in [2.05, 4.69) is 35.5 Å². The molecule has 2 heterocycles. The predicted molar refractivity (Wildman–Crippen MR) is 86.6 cm³/mol. The average Bonchev–Trinajstić information content (AvgIpc) is 2.79. The van der Waals surface area contributed by atoms with Crippen LogP contribution in [0.5, 0.6) is 0 Å². The lowest BCUT2D eigenvalue weighted by Gasteiger charge is -2.11. The molecule has 3 aromatic rings. The van der Waals surface area contributed by atoms with Gasteiger partial charge in [-0.1, -0.05) is 37.6 Å². The Labute approximate surface area is 129 Å². The van der Waals surface area contributed by atoms with E-state index in [0.29, 0.717) is 5.92 Å². The monoisotopic (exact) mass is 299 g/mol. The highest BCUT2D eigenvalue weighted by Crippen LogP contribution is 2.19. The second-order valence-electron chi connectivity index (χ2n) is 5.68. The van der Waals surface area contributed by atoms with E-state index < -0.39 is 0 Å². The van der Waals surface area contributed by atoms with E-state index in [9.17, 15) is 0 Å². The van der Waals surface area contributed by atoms with Gasteiger partial charge >= 0.3 is 0 Å². The van der Waals surface area contributed by atoms with Gasteiger partial charge in [-0.15, -0.1) is 0 Å². The van der Waals surface area contributed by atoms with Gasteiger partial charge in [-0.05, 0) is 35.7 Å². The molecule has 0 bridgehead atoms. The molecule has 0 saturated carbocycles. The van der Waals surface area contributed by atoms with Crippen LogP contribution >= 0.6 is 11.6 Å². The first kappa shape index (κ1) is 14.1. The summed E-state index contributed by atoms with van der Waals surface area (Å²) in [6.07, 6.45) is 2.62. The number of pyridine rings is 1. The van der Waals surface area contributed by atoms with Gasteiger partial charge in [0.15, 0.2) is 5.65 Å². The number of imidazole rings is 1. The summed E-state index contributed by atoms with van der Waals surface area (Å²) in [4.78, 5) is 9.24. The fourth-order valence-corrected chi connectivity index (χ4v) is 2.61. The van der Waals surface area contributed by atoms with Gasteiger partial charge in [0.1, 0.15) is 11.3 Å². The summed E-state index contributed by atoms with van der Waals surface area (Å²) in [5.41, 5.74) is 3.14. The normalized spacial score (nSPS) is 11.4. The second-order valence-corrected chi connectivity index (χ2v) is 6.12. The van der Waals surface area contributed by atoms with Crippen molar-refractivity contribution in [1.82, 2.24) is 14.5 Å².